The minimum Gasteiger partial charge on any atom is -0.493 e. The molecule has 3 aromatic rings. The third-order valence-corrected chi connectivity index (χ3v) is 6.28. The van der Waals surface area contributed by atoms with Gasteiger partial charge in [0.2, 0.25) is 17.6 Å². The molecular weight excluding hydrogens is 444 g/mol. The summed E-state index contributed by atoms with van der Waals surface area (Å²) < 4.78 is 16.1. The Balaban J connectivity index is 1.39. The van der Waals surface area contributed by atoms with Crippen LogP contribution < -0.4 is 14.8 Å². The molecule has 9 heteroatoms. The van der Waals surface area contributed by atoms with Gasteiger partial charge in [-0.15, -0.1) is 0 Å². The number of carbonyl (C=O) groups excluding carboxylic acids is 1. The molecule has 2 aromatic carbocycles. The lowest BCUT2D eigenvalue weighted by atomic mass is 9.97. The standard InChI is InChI=1S/C24H27ClN4O4/c1-15-18(25)7-4-8-19(15)26-24(30)17-6-5-11-29(13-17)14-22-27-23(28-33-22)16-9-10-20(31-2)21(12-16)32-3/h4,7-10,12,17H,5-6,11,13-14H2,1-3H3,(H,26,30)/t17-/m0/s1. The molecule has 1 amide bonds. The number of halogens is 1. The second-order valence-electron chi connectivity index (χ2n) is 8.06. The Kier molecular flexibility index (Phi) is 7.15. The highest BCUT2D eigenvalue weighted by Gasteiger charge is 2.27. The van der Waals surface area contributed by atoms with Crippen LogP contribution in [0.4, 0.5) is 5.69 Å². The van der Waals surface area contributed by atoms with Crippen LogP contribution in [0, 0.1) is 12.8 Å². The Hall–Kier alpha value is -3.10. The first-order valence-corrected chi connectivity index (χ1v) is 11.2. The SMILES string of the molecule is COc1ccc(-c2noc(CN3CCC[C@H](C(=O)Nc4cccc(Cl)c4C)C3)n2)cc1OC. The zero-order valence-corrected chi connectivity index (χ0v) is 19.7. The molecule has 0 spiro atoms. The molecule has 1 fully saturated rings. The maximum absolute atomic E-state index is 12.9. The normalized spacial score (nSPS) is 16.4. The smallest absolute Gasteiger partial charge is 0.241 e. The number of amides is 1. The third-order valence-electron chi connectivity index (χ3n) is 5.87. The van der Waals surface area contributed by atoms with Gasteiger partial charge in [-0.3, -0.25) is 9.69 Å². The highest BCUT2D eigenvalue weighted by Crippen LogP contribution is 2.31. The molecule has 0 aliphatic carbocycles. The van der Waals surface area contributed by atoms with Crippen molar-refractivity contribution in [3.8, 4) is 22.9 Å². The zero-order valence-electron chi connectivity index (χ0n) is 18.9. The summed E-state index contributed by atoms with van der Waals surface area (Å²) in [5, 5.41) is 7.78. The average Bonchev–Trinajstić information content (AvgIpc) is 3.30. The Bertz CT molecular complexity index is 1130. The van der Waals surface area contributed by atoms with Gasteiger partial charge in [0, 0.05) is 22.8 Å². The Morgan fingerprint density at radius 2 is 2.06 bits per heavy atom. The first-order valence-electron chi connectivity index (χ1n) is 10.8. The number of benzene rings is 2. The van der Waals surface area contributed by atoms with Gasteiger partial charge in [0.05, 0.1) is 26.7 Å². The Morgan fingerprint density at radius 1 is 1.24 bits per heavy atom. The predicted octanol–water partition coefficient (Wildman–Crippen LogP) is 4.57. The molecule has 1 atom stereocenters. The lowest BCUT2D eigenvalue weighted by Crippen LogP contribution is -2.40. The molecule has 0 radical (unpaired) electrons. The highest BCUT2D eigenvalue weighted by atomic mass is 35.5. The van der Waals surface area contributed by atoms with E-state index in [4.69, 9.17) is 25.6 Å². The number of likely N-dealkylation sites (tertiary alicyclic amines) is 1. The van der Waals surface area contributed by atoms with Gasteiger partial charge in [0.25, 0.3) is 0 Å². The number of ether oxygens (including phenoxy) is 2. The van der Waals surface area contributed by atoms with E-state index >= 15 is 0 Å². The summed E-state index contributed by atoms with van der Waals surface area (Å²) in [5.74, 6) is 2.10. The van der Waals surface area contributed by atoms with E-state index in [1.54, 1.807) is 20.3 Å². The van der Waals surface area contributed by atoms with Gasteiger partial charge in [-0.1, -0.05) is 22.8 Å². The van der Waals surface area contributed by atoms with Gasteiger partial charge < -0.3 is 19.3 Å². The van der Waals surface area contributed by atoms with Gasteiger partial charge in [-0.2, -0.15) is 4.98 Å². The van der Waals surface area contributed by atoms with E-state index in [9.17, 15) is 4.79 Å². The number of piperidine rings is 1. The van der Waals surface area contributed by atoms with E-state index in [0.717, 1.165) is 36.2 Å². The van der Waals surface area contributed by atoms with Gasteiger partial charge in [-0.25, -0.2) is 0 Å². The Morgan fingerprint density at radius 3 is 2.85 bits per heavy atom. The first-order chi connectivity index (χ1) is 16.0. The number of hydrogen-bond donors (Lipinski definition) is 1. The van der Waals surface area contributed by atoms with Gasteiger partial charge in [-0.05, 0) is 62.2 Å². The molecule has 1 aliphatic heterocycles. The van der Waals surface area contributed by atoms with Crippen LogP contribution in [0.25, 0.3) is 11.4 Å². The van der Waals surface area contributed by atoms with E-state index in [1.165, 1.54) is 0 Å². The number of nitrogens with zero attached hydrogens (tertiary/aromatic N) is 3. The molecule has 0 unspecified atom stereocenters. The van der Waals surface area contributed by atoms with E-state index < -0.39 is 0 Å². The second-order valence-corrected chi connectivity index (χ2v) is 8.46. The van der Waals surface area contributed by atoms with E-state index in [2.05, 4.69) is 20.4 Å². The topological polar surface area (TPSA) is 89.7 Å². The molecule has 0 bridgehead atoms. The fourth-order valence-electron chi connectivity index (χ4n) is 3.99. The van der Waals surface area contributed by atoms with Crippen LogP contribution in [0.3, 0.4) is 0 Å². The first kappa shape index (κ1) is 23.1. The predicted molar refractivity (Wildman–Crippen MR) is 126 cm³/mol. The van der Waals surface area contributed by atoms with Crippen molar-refractivity contribution in [2.45, 2.75) is 26.3 Å². The number of anilines is 1. The summed E-state index contributed by atoms with van der Waals surface area (Å²) in [4.78, 5) is 19.6. The summed E-state index contributed by atoms with van der Waals surface area (Å²) in [6, 6.07) is 11.0. The molecule has 1 N–H and O–H groups in total. The fourth-order valence-corrected chi connectivity index (χ4v) is 4.17. The minimum atomic E-state index is -0.120. The van der Waals surface area contributed by atoms with Crippen molar-refractivity contribution >= 4 is 23.2 Å². The minimum absolute atomic E-state index is 0.00149. The van der Waals surface area contributed by atoms with Gasteiger partial charge >= 0.3 is 0 Å². The molecule has 2 heterocycles. The monoisotopic (exact) mass is 470 g/mol. The average molecular weight is 471 g/mol. The molecule has 1 saturated heterocycles. The number of aromatic nitrogens is 2. The number of nitrogens with one attached hydrogen (secondary N) is 1. The van der Waals surface area contributed by atoms with Gasteiger partial charge in [0.1, 0.15) is 0 Å². The third kappa shape index (κ3) is 5.29. The molecule has 174 valence electrons. The number of methoxy groups -OCH3 is 2. The molecule has 33 heavy (non-hydrogen) atoms. The van der Waals surface area contributed by atoms with Crippen LogP contribution in [-0.2, 0) is 11.3 Å². The summed E-state index contributed by atoms with van der Waals surface area (Å²) in [6.45, 7) is 3.88. The Labute approximate surface area is 197 Å². The molecule has 1 aliphatic rings. The molecule has 4 rings (SSSR count). The lowest BCUT2D eigenvalue weighted by Gasteiger charge is -2.31. The lowest BCUT2D eigenvalue weighted by molar-refractivity contribution is -0.121. The highest BCUT2D eigenvalue weighted by molar-refractivity contribution is 6.31. The van der Waals surface area contributed by atoms with Crippen LogP contribution in [0.15, 0.2) is 40.9 Å². The van der Waals surface area contributed by atoms with Crippen LogP contribution in [0.2, 0.25) is 5.02 Å². The van der Waals surface area contributed by atoms with Crippen molar-refractivity contribution < 1.29 is 18.8 Å². The summed E-state index contributed by atoms with van der Waals surface area (Å²) in [5.41, 5.74) is 2.39. The largest absolute Gasteiger partial charge is 0.493 e. The van der Waals surface area contributed by atoms with Gasteiger partial charge in [0.15, 0.2) is 11.5 Å². The summed E-state index contributed by atoms with van der Waals surface area (Å²) >= 11 is 6.18. The van der Waals surface area contributed by atoms with Crippen LogP contribution in [0.5, 0.6) is 11.5 Å². The van der Waals surface area contributed by atoms with Crippen LogP contribution in [-0.4, -0.2) is 48.3 Å². The fraction of sp³-hybridized carbons (Fsp3) is 0.375. The number of carbonyl (C=O) groups is 1. The maximum atomic E-state index is 12.9. The van der Waals surface area contributed by atoms with Crippen molar-refractivity contribution in [3.05, 3.63) is 52.9 Å². The van der Waals surface area contributed by atoms with Crippen molar-refractivity contribution in [1.29, 1.82) is 0 Å². The van der Waals surface area contributed by atoms with Crippen molar-refractivity contribution in [1.82, 2.24) is 15.0 Å². The summed E-state index contributed by atoms with van der Waals surface area (Å²) in [6.07, 6.45) is 1.76. The number of rotatable bonds is 7. The molecule has 8 nitrogen and oxygen atoms in total. The summed E-state index contributed by atoms with van der Waals surface area (Å²) in [7, 11) is 3.17. The molecule has 0 saturated carbocycles. The van der Waals surface area contributed by atoms with Crippen molar-refractivity contribution in [2.75, 3.05) is 32.6 Å². The van der Waals surface area contributed by atoms with E-state index in [0.29, 0.717) is 41.3 Å². The molecular formula is C24H27ClN4O4. The molecule has 1 aromatic heterocycles. The number of hydrogen-bond acceptors (Lipinski definition) is 7. The van der Waals surface area contributed by atoms with E-state index in [1.807, 2.05) is 37.3 Å². The van der Waals surface area contributed by atoms with Crippen LogP contribution in [0.1, 0.15) is 24.3 Å². The van der Waals surface area contributed by atoms with Crippen LogP contribution >= 0.6 is 11.6 Å². The quantitative estimate of drug-likeness (QED) is 0.541. The van der Waals surface area contributed by atoms with Crippen molar-refractivity contribution in [3.63, 3.8) is 0 Å². The van der Waals surface area contributed by atoms with E-state index in [-0.39, 0.29) is 11.8 Å². The second kappa shape index (κ2) is 10.2. The maximum Gasteiger partial charge on any atom is 0.241 e. The van der Waals surface area contributed by atoms with Crippen molar-refractivity contribution in [2.24, 2.45) is 5.92 Å². The zero-order chi connectivity index (χ0) is 23.4.